The Kier molecular flexibility index (Phi) is 21.3. The first-order valence-corrected chi connectivity index (χ1v) is 23.3. The van der Waals surface area contributed by atoms with Crippen LogP contribution in [0.5, 0.6) is 23.0 Å². The predicted molar refractivity (Wildman–Crippen MR) is 244 cm³/mol. The maximum atomic E-state index is 15.9. The summed E-state index contributed by atoms with van der Waals surface area (Å²) in [4.78, 5) is 89.1. The summed E-state index contributed by atoms with van der Waals surface area (Å²) in [7, 11) is 4.27. The second-order valence-corrected chi connectivity index (χ2v) is 16.8. The summed E-state index contributed by atoms with van der Waals surface area (Å²) in [6.45, 7) is 3.40. The van der Waals surface area contributed by atoms with Gasteiger partial charge in [-0.1, -0.05) is 0 Å². The van der Waals surface area contributed by atoms with Crippen molar-refractivity contribution in [2.24, 2.45) is 0 Å². The molecule has 70 heavy (non-hydrogen) atoms. The fourth-order valence-corrected chi connectivity index (χ4v) is 8.05. The molecule has 2 aliphatic heterocycles. The first-order chi connectivity index (χ1) is 34.1. The second-order valence-electron chi connectivity index (χ2n) is 15.7. The average molecular weight is 1010 g/mol. The predicted octanol–water partition coefficient (Wildman–Crippen LogP) is 4.07. The number of nitrogens with zero attached hydrogens (tertiary/aromatic N) is 2. The van der Waals surface area contributed by atoms with Crippen LogP contribution >= 0.6 is 11.3 Å². The number of hydrogen-bond acceptors (Lipinski definition) is 18. The number of benzene rings is 2. The number of carbonyl (C=O) groups excluding carboxylic acids is 7. The van der Waals surface area contributed by atoms with Crippen LogP contribution in [0.25, 0.3) is 10.1 Å². The zero-order chi connectivity index (χ0) is 51.5. The van der Waals surface area contributed by atoms with Gasteiger partial charge in [-0.3, -0.25) is 38.5 Å². The van der Waals surface area contributed by atoms with E-state index in [0.29, 0.717) is 54.8 Å². The Morgan fingerprint density at radius 1 is 0.757 bits per heavy atom. The highest BCUT2D eigenvalue weighted by Gasteiger charge is 2.32. The number of esters is 2. The number of ether oxygens (including phenoxy) is 10. The zero-order valence-corrected chi connectivity index (χ0v) is 40.3. The third kappa shape index (κ3) is 16.0. The number of fused-ring (bicyclic) bond motifs is 2. The lowest BCUT2D eigenvalue weighted by atomic mass is 10.1. The van der Waals surface area contributed by atoms with Gasteiger partial charge in [-0.2, -0.15) is 0 Å². The number of rotatable bonds is 32. The van der Waals surface area contributed by atoms with Gasteiger partial charge in [-0.25, -0.2) is 8.78 Å². The van der Waals surface area contributed by atoms with E-state index in [4.69, 9.17) is 48.7 Å². The van der Waals surface area contributed by atoms with E-state index in [1.165, 1.54) is 38.2 Å². The summed E-state index contributed by atoms with van der Waals surface area (Å²) in [5.41, 5.74) is 0.768. The Balaban J connectivity index is 1.02. The number of Topliss-reactive ketones (excluding diaryl/α,β-unsaturated/α-hetero) is 1. The highest BCUT2D eigenvalue weighted by atomic mass is 32.1. The van der Waals surface area contributed by atoms with Crippen LogP contribution in [0.15, 0.2) is 18.2 Å². The number of imide groups is 1. The number of carbonyl (C=O) groups is 7. The number of ketones is 1. The van der Waals surface area contributed by atoms with Crippen molar-refractivity contribution in [1.29, 1.82) is 0 Å². The number of halogens is 2. The Bertz CT molecular complexity index is 2370. The quantitative estimate of drug-likeness (QED) is 0.0402. The van der Waals surface area contributed by atoms with E-state index >= 15 is 8.78 Å². The van der Waals surface area contributed by atoms with E-state index < -0.39 is 66.1 Å². The summed E-state index contributed by atoms with van der Waals surface area (Å²) in [5, 5.41) is 2.54. The molecule has 1 fully saturated rings. The standard InChI is InChI=1S/C47H59F2N3O17S/c1-29(25-50-38(54)28-52-40(56)7-8-41(52)57)69-43(59)10-6-33(53)37-23-31-36(70-37)24-35(62-4)47(44(31)48)68-13-5-12-67-46-34(61-3)22-30-26-51(27-32(30)45(46)49)39(55)9-11-42(58)66-21-20-65-19-18-64-17-16-63-15-14-60-2/h22-24,29H,5-21,25-28H2,1-4H3,(H,50,54)/t29-/m0/s1/i7T/t7?,29-. The van der Waals surface area contributed by atoms with E-state index in [1.807, 2.05) is 0 Å². The van der Waals surface area contributed by atoms with Crippen molar-refractivity contribution in [3.8, 4) is 23.0 Å². The molecule has 1 aromatic heterocycles. The van der Waals surface area contributed by atoms with Crippen LogP contribution < -0.4 is 24.3 Å². The molecule has 384 valence electrons. The Morgan fingerprint density at radius 3 is 2.03 bits per heavy atom. The van der Waals surface area contributed by atoms with Crippen LogP contribution in [0.2, 0.25) is 0 Å². The number of methoxy groups -OCH3 is 3. The van der Waals surface area contributed by atoms with Gasteiger partial charge in [0.1, 0.15) is 19.3 Å². The first kappa shape index (κ1) is 53.3. The number of amides is 4. The van der Waals surface area contributed by atoms with Crippen LogP contribution in [0, 0.1) is 11.6 Å². The molecule has 2 atom stereocenters. The monoisotopic (exact) mass is 1010 g/mol. The van der Waals surface area contributed by atoms with Gasteiger partial charge < -0.3 is 57.6 Å². The van der Waals surface area contributed by atoms with Crippen molar-refractivity contribution in [2.45, 2.75) is 71.0 Å². The van der Waals surface area contributed by atoms with Gasteiger partial charge in [0.15, 0.2) is 40.4 Å². The molecule has 0 spiro atoms. The normalized spacial score (nSPS) is 14.9. The van der Waals surface area contributed by atoms with E-state index in [9.17, 15) is 33.6 Å². The molecule has 0 bridgehead atoms. The number of nitrogens with one attached hydrogen (secondary N) is 1. The molecule has 2 aliphatic rings. The Hall–Kier alpha value is -6.01. The van der Waals surface area contributed by atoms with Gasteiger partial charge in [0.2, 0.25) is 23.6 Å². The minimum absolute atomic E-state index is 0.0119. The highest BCUT2D eigenvalue weighted by molar-refractivity contribution is 7.20. The lowest BCUT2D eigenvalue weighted by Gasteiger charge is -2.16. The molecule has 0 radical (unpaired) electrons. The summed E-state index contributed by atoms with van der Waals surface area (Å²) >= 11 is 0.996. The van der Waals surface area contributed by atoms with Crippen molar-refractivity contribution in [3.05, 3.63) is 45.8 Å². The topological polar surface area (TPSA) is 230 Å². The molecule has 3 heterocycles. The van der Waals surface area contributed by atoms with Crippen molar-refractivity contribution in [2.75, 3.05) is 100 Å². The molecule has 1 unspecified atom stereocenters. The molecule has 2 aromatic carbocycles. The van der Waals surface area contributed by atoms with Crippen molar-refractivity contribution >= 4 is 62.8 Å². The Morgan fingerprint density at radius 2 is 1.39 bits per heavy atom. The minimum atomic E-state index is -1.23. The van der Waals surface area contributed by atoms with Crippen LogP contribution in [0.4, 0.5) is 8.78 Å². The van der Waals surface area contributed by atoms with E-state index in [0.717, 1.165) is 11.3 Å². The van der Waals surface area contributed by atoms with Crippen molar-refractivity contribution in [1.82, 2.24) is 15.1 Å². The van der Waals surface area contributed by atoms with Crippen molar-refractivity contribution in [3.63, 3.8) is 0 Å². The maximum absolute atomic E-state index is 15.9. The van der Waals surface area contributed by atoms with Gasteiger partial charge >= 0.3 is 11.9 Å². The molecule has 1 saturated heterocycles. The number of likely N-dealkylation sites (tertiary alicyclic amines) is 1. The third-order valence-electron chi connectivity index (χ3n) is 10.6. The van der Waals surface area contributed by atoms with Gasteiger partial charge in [0.25, 0.3) is 0 Å². The Labute approximate surface area is 408 Å². The van der Waals surface area contributed by atoms with Crippen LogP contribution in [-0.2, 0) is 70.3 Å². The van der Waals surface area contributed by atoms with Gasteiger partial charge in [0.05, 0.1) is 97.9 Å². The average Bonchev–Trinajstić information content (AvgIpc) is 4.06. The zero-order valence-electron chi connectivity index (χ0n) is 40.5. The molecule has 0 aliphatic carbocycles. The van der Waals surface area contributed by atoms with E-state index in [-0.39, 0.29) is 129 Å². The van der Waals surface area contributed by atoms with E-state index in [2.05, 4.69) is 5.32 Å². The van der Waals surface area contributed by atoms with Gasteiger partial charge in [-0.05, 0) is 24.6 Å². The molecule has 4 amide bonds. The molecule has 0 saturated carbocycles. The van der Waals surface area contributed by atoms with Crippen LogP contribution in [0.3, 0.4) is 0 Å². The maximum Gasteiger partial charge on any atom is 0.306 e. The smallest absolute Gasteiger partial charge is 0.306 e. The lowest BCUT2D eigenvalue weighted by Crippen LogP contribution is -2.42. The largest absolute Gasteiger partial charge is 0.493 e. The molecule has 3 aromatic rings. The second kappa shape index (κ2) is 28.0. The first-order valence-electron chi connectivity index (χ1n) is 23.1. The fourth-order valence-electron chi connectivity index (χ4n) is 7.00. The fraction of sp³-hybridized carbons (Fsp3) is 0.553. The van der Waals surface area contributed by atoms with Gasteiger partial charge in [-0.15, -0.1) is 11.3 Å². The van der Waals surface area contributed by atoms with E-state index in [1.54, 1.807) is 13.2 Å². The highest BCUT2D eigenvalue weighted by Crippen LogP contribution is 2.41. The lowest BCUT2D eigenvalue weighted by molar-refractivity contribution is -0.148. The summed E-state index contributed by atoms with van der Waals surface area (Å²) in [6, 6.07) is 4.46. The van der Waals surface area contributed by atoms with Gasteiger partial charge in [0, 0.05) is 75.4 Å². The summed E-state index contributed by atoms with van der Waals surface area (Å²) < 4.78 is 93.4. The SMILES string of the molecule is [3H]C1CC(=O)N(CC(=O)NC[C@H](C)OC(=O)CCC(=O)c2cc3c(F)c(OCCCOc4c(OC)cc5c(c4F)CN(C(=O)CCC(=O)OCCOCCOCCOCCOC)C5)c(OC)cc3s2)C1=O. The van der Waals surface area contributed by atoms with Crippen molar-refractivity contribution < 1.29 is 91.1 Å². The summed E-state index contributed by atoms with van der Waals surface area (Å²) in [6.07, 6.45) is -3.04. The minimum Gasteiger partial charge on any atom is -0.493 e. The molecular formula is C47H59F2N3O17S. The number of thiophene rings is 1. The molecule has 5 rings (SSSR count). The number of hydrogen-bond donors (Lipinski definition) is 1. The van der Waals surface area contributed by atoms with Crippen LogP contribution in [0.1, 0.15) is 74.0 Å². The molecule has 23 heteroatoms. The molecule has 1 N–H and O–H groups in total. The summed E-state index contributed by atoms with van der Waals surface area (Å²) in [5.74, 6) is -5.88. The third-order valence-corrected chi connectivity index (χ3v) is 11.8. The molecule has 20 nitrogen and oxygen atoms in total. The van der Waals surface area contributed by atoms with Crippen LogP contribution in [-0.4, -0.2) is 158 Å². The molecular weight excluding hydrogens is 949 g/mol.